The average Bonchev–Trinajstić information content (AvgIpc) is 2.70. The summed E-state index contributed by atoms with van der Waals surface area (Å²) in [5.74, 6) is 0.205. The summed E-state index contributed by atoms with van der Waals surface area (Å²) in [6, 6.07) is 4.93. The molecule has 1 aliphatic carbocycles. The minimum absolute atomic E-state index is 0.00957. The molecule has 0 atom stereocenters. The third-order valence-electron chi connectivity index (χ3n) is 5.36. The number of anilines is 1. The van der Waals surface area contributed by atoms with Gasteiger partial charge >= 0.3 is 5.97 Å². The number of esters is 1. The lowest BCUT2D eigenvalue weighted by atomic mass is 9.98. The minimum Gasteiger partial charge on any atom is -0.491 e. The number of nitrogen functional groups attached to an aromatic ring is 1. The summed E-state index contributed by atoms with van der Waals surface area (Å²) in [5, 5.41) is 0. The first-order valence-electron chi connectivity index (χ1n) is 10.1. The van der Waals surface area contributed by atoms with Gasteiger partial charge in [-0.1, -0.05) is 6.42 Å². The highest BCUT2D eigenvalue weighted by atomic mass is 16.5. The highest BCUT2D eigenvalue weighted by Gasteiger charge is 2.20. The monoisotopic (exact) mass is 374 g/mol. The van der Waals surface area contributed by atoms with Crippen LogP contribution in [-0.2, 0) is 9.53 Å². The molecule has 0 spiro atoms. The largest absolute Gasteiger partial charge is 0.491 e. The van der Waals surface area contributed by atoms with Gasteiger partial charge in [-0.15, -0.1) is 0 Å². The number of carbonyl (C=O) groups is 2. The van der Waals surface area contributed by atoms with E-state index in [0.717, 1.165) is 51.6 Å². The molecule has 6 nitrogen and oxygen atoms in total. The molecule has 2 N–H and O–H groups in total. The van der Waals surface area contributed by atoms with Gasteiger partial charge < -0.3 is 20.1 Å². The Morgan fingerprint density at radius 1 is 1.04 bits per heavy atom. The first-order chi connectivity index (χ1) is 13.1. The number of hydrogen-bond donors (Lipinski definition) is 1. The Kier molecular flexibility index (Phi) is 6.96. The Morgan fingerprint density at radius 3 is 2.48 bits per heavy atom. The number of piperidine rings is 1. The van der Waals surface area contributed by atoms with Crippen molar-refractivity contribution in [1.82, 2.24) is 4.90 Å². The summed E-state index contributed by atoms with van der Waals surface area (Å²) >= 11 is 0. The Hall–Kier alpha value is -2.24. The molecule has 1 aliphatic heterocycles. The van der Waals surface area contributed by atoms with Crippen LogP contribution in [0.1, 0.15) is 68.1 Å². The van der Waals surface area contributed by atoms with Crippen molar-refractivity contribution in [3.63, 3.8) is 0 Å². The first kappa shape index (κ1) is 19.5. The lowest BCUT2D eigenvalue weighted by molar-refractivity contribution is -0.132. The zero-order valence-corrected chi connectivity index (χ0v) is 16.0. The summed E-state index contributed by atoms with van der Waals surface area (Å²) < 4.78 is 11.3. The summed E-state index contributed by atoms with van der Waals surface area (Å²) in [4.78, 5) is 26.5. The van der Waals surface area contributed by atoms with Crippen LogP contribution in [0.15, 0.2) is 18.2 Å². The van der Waals surface area contributed by atoms with Crippen molar-refractivity contribution in [3.05, 3.63) is 23.8 Å². The Morgan fingerprint density at radius 2 is 1.74 bits per heavy atom. The molecule has 1 heterocycles. The van der Waals surface area contributed by atoms with Gasteiger partial charge in [0.05, 0.1) is 24.3 Å². The number of amides is 1. The molecule has 0 aromatic heterocycles. The maximum Gasteiger partial charge on any atom is 0.338 e. The van der Waals surface area contributed by atoms with E-state index in [1.54, 1.807) is 18.2 Å². The van der Waals surface area contributed by atoms with Crippen molar-refractivity contribution in [2.24, 2.45) is 0 Å². The lowest BCUT2D eigenvalue weighted by Gasteiger charge is -2.26. The van der Waals surface area contributed by atoms with E-state index in [0.29, 0.717) is 23.4 Å². The van der Waals surface area contributed by atoms with Crippen LogP contribution in [0.25, 0.3) is 0 Å². The number of hydrogen-bond acceptors (Lipinski definition) is 5. The third kappa shape index (κ3) is 5.62. The molecule has 1 saturated heterocycles. The van der Waals surface area contributed by atoms with Gasteiger partial charge in [-0.2, -0.15) is 0 Å². The number of nitrogens with zero attached hydrogens (tertiary/aromatic N) is 1. The van der Waals surface area contributed by atoms with Gasteiger partial charge in [0.1, 0.15) is 11.9 Å². The topological polar surface area (TPSA) is 81.9 Å². The SMILES string of the molecule is Nc1ccc(C(=O)OC2CCCCC2)cc1OCCC(=O)N1CCCCC1. The smallest absolute Gasteiger partial charge is 0.338 e. The van der Waals surface area contributed by atoms with Crippen LogP contribution in [0.4, 0.5) is 5.69 Å². The van der Waals surface area contributed by atoms with E-state index in [-0.39, 0.29) is 24.6 Å². The predicted molar refractivity (Wildman–Crippen MR) is 104 cm³/mol. The molecule has 3 rings (SSSR count). The van der Waals surface area contributed by atoms with Crippen LogP contribution >= 0.6 is 0 Å². The second-order valence-corrected chi connectivity index (χ2v) is 7.46. The summed E-state index contributed by atoms with van der Waals surface area (Å²) in [6.45, 7) is 1.92. The maximum atomic E-state index is 12.4. The van der Waals surface area contributed by atoms with Crippen molar-refractivity contribution >= 4 is 17.6 Å². The van der Waals surface area contributed by atoms with Gasteiger partial charge in [-0.05, 0) is 63.1 Å². The van der Waals surface area contributed by atoms with Gasteiger partial charge in [0, 0.05) is 13.1 Å². The third-order valence-corrected chi connectivity index (χ3v) is 5.36. The van der Waals surface area contributed by atoms with E-state index < -0.39 is 0 Å². The Bertz CT molecular complexity index is 650. The molecule has 2 fully saturated rings. The zero-order valence-electron chi connectivity index (χ0n) is 16.0. The standard InChI is InChI=1S/C21H30N2O4/c22-18-10-9-16(21(25)27-17-7-3-1-4-8-17)15-19(18)26-14-11-20(24)23-12-5-2-6-13-23/h9-10,15,17H,1-8,11-14,22H2. The molecule has 1 aromatic carbocycles. The van der Waals surface area contributed by atoms with Crippen LogP contribution in [0.3, 0.4) is 0 Å². The maximum absolute atomic E-state index is 12.4. The van der Waals surface area contributed by atoms with Crippen LogP contribution in [0.5, 0.6) is 5.75 Å². The second kappa shape index (κ2) is 9.62. The van der Waals surface area contributed by atoms with Crippen LogP contribution < -0.4 is 10.5 Å². The van der Waals surface area contributed by atoms with Crippen molar-refractivity contribution in [2.45, 2.75) is 63.9 Å². The van der Waals surface area contributed by atoms with E-state index in [9.17, 15) is 9.59 Å². The van der Waals surface area contributed by atoms with Gasteiger partial charge in [0.2, 0.25) is 5.91 Å². The van der Waals surface area contributed by atoms with E-state index in [2.05, 4.69) is 0 Å². The number of rotatable bonds is 6. The molecule has 27 heavy (non-hydrogen) atoms. The normalized spacial score (nSPS) is 18.1. The highest BCUT2D eigenvalue weighted by molar-refractivity contribution is 5.90. The molecule has 148 valence electrons. The summed E-state index contributed by atoms with van der Waals surface area (Å²) in [7, 11) is 0. The van der Waals surface area contributed by atoms with Gasteiger partial charge in [0.25, 0.3) is 0 Å². The van der Waals surface area contributed by atoms with Crippen molar-refractivity contribution < 1.29 is 19.1 Å². The lowest BCUT2D eigenvalue weighted by Crippen LogP contribution is -2.36. The van der Waals surface area contributed by atoms with Gasteiger partial charge in [-0.3, -0.25) is 4.79 Å². The fourth-order valence-electron chi connectivity index (χ4n) is 3.74. The van der Waals surface area contributed by atoms with Crippen molar-refractivity contribution in [2.75, 3.05) is 25.4 Å². The van der Waals surface area contributed by atoms with Gasteiger partial charge in [0.15, 0.2) is 0 Å². The molecule has 1 amide bonds. The van der Waals surface area contributed by atoms with E-state index in [4.69, 9.17) is 15.2 Å². The van der Waals surface area contributed by atoms with Gasteiger partial charge in [-0.25, -0.2) is 4.79 Å². The number of ether oxygens (including phenoxy) is 2. The van der Waals surface area contributed by atoms with Crippen molar-refractivity contribution in [1.29, 1.82) is 0 Å². The van der Waals surface area contributed by atoms with Crippen molar-refractivity contribution in [3.8, 4) is 5.75 Å². The highest BCUT2D eigenvalue weighted by Crippen LogP contribution is 2.26. The Labute approximate surface area is 161 Å². The predicted octanol–water partition coefficient (Wildman–Crippen LogP) is 3.54. The van der Waals surface area contributed by atoms with Crippen LogP contribution in [-0.4, -0.2) is 42.6 Å². The minimum atomic E-state index is -0.337. The molecule has 0 bridgehead atoms. The van der Waals surface area contributed by atoms with Crippen LogP contribution in [0, 0.1) is 0 Å². The summed E-state index contributed by atoms with van der Waals surface area (Å²) in [5.41, 5.74) is 6.85. The fourth-order valence-corrected chi connectivity index (χ4v) is 3.74. The molecule has 0 radical (unpaired) electrons. The molecule has 2 aliphatic rings. The van der Waals surface area contributed by atoms with E-state index >= 15 is 0 Å². The molecule has 1 aromatic rings. The number of likely N-dealkylation sites (tertiary alicyclic amines) is 1. The summed E-state index contributed by atoms with van der Waals surface area (Å²) in [6.07, 6.45) is 8.97. The van der Waals surface area contributed by atoms with E-state index in [1.165, 1.54) is 12.8 Å². The van der Waals surface area contributed by atoms with Crippen LogP contribution in [0.2, 0.25) is 0 Å². The number of nitrogens with two attached hydrogens (primary N) is 1. The molecular formula is C21H30N2O4. The second-order valence-electron chi connectivity index (χ2n) is 7.46. The Balaban J connectivity index is 1.51. The number of carbonyl (C=O) groups excluding carboxylic acids is 2. The molecule has 0 unspecified atom stereocenters. The first-order valence-corrected chi connectivity index (χ1v) is 10.1. The number of benzene rings is 1. The zero-order chi connectivity index (χ0) is 19.1. The molecular weight excluding hydrogens is 344 g/mol. The molecule has 6 heteroatoms. The average molecular weight is 374 g/mol. The fraction of sp³-hybridized carbons (Fsp3) is 0.619. The van der Waals surface area contributed by atoms with E-state index in [1.807, 2.05) is 4.90 Å². The molecule has 1 saturated carbocycles. The quantitative estimate of drug-likeness (QED) is 0.608.